The lowest BCUT2D eigenvalue weighted by atomic mass is 9.96. The Balaban J connectivity index is 1.23. The highest BCUT2D eigenvalue weighted by atomic mass is 16.7. The molecule has 1 fully saturated rings. The number of carbonyl (C=O) groups is 1. The predicted octanol–water partition coefficient (Wildman–Crippen LogP) is 2.66. The molecule has 0 bridgehead atoms. The van der Waals surface area contributed by atoms with Crippen LogP contribution in [-0.4, -0.2) is 42.2 Å². The number of piperidine rings is 1. The van der Waals surface area contributed by atoms with Gasteiger partial charge in [0.05, 0.1) is 12.2 Å². The molecule has 0 aliphatic carbocycles. The number of amides is 1. The van der Waals surface area contributed by atoms with Crippen LogP contribution in [-0.2, 0) is 6.54 Å². The lowest BCUT2D eigenvalue weighted by Gasteiger charge is -2.31. The quantitative estimate of drug-likeness (QED) is 0.871. The van der Waals surface area contributed by atoms with Crippen molar-refractivity contribution in [1.82, 2.24) is 15.2 Å². The molecule has 0 saturated carbocycles. The molecule has 1 saturated heterocycles. The Morgan fingerprint density at radius 2 is 2.00 bits per heavy atom. The van der Waals surface area contributed by atoms with Crippen molar-refractivity contribution in [3.05, 3.63) is 41.1 Å². The van der Waals surface area contributed by atoms with Crippen molar-refractivity contribution < 1.29 is 18.7 Å². The van der Waals surface area contributed by atoms with Gasteiger partial charge in [-0.15, -0.1) is 0 Å². The molecule has 27 heavy (non-hydrogen) atoms. The lowest BCUT2D eigenvalue weighted by molar-refractivity contribution is 0.0933. The maximum Gasteiger partial charge on any atom is 0.251 e. The number of benzene rings is 1. The maximum absolute atomic E-state index is 12.4. The summed E-state index contributed by atoms with van der Waals surface area (Å²) in [7, 11) is 0. The minimum absolute atomic E-state index is 0.0681. The van der Waals surface area contributed by atoms with Gasteiger partial charge in [0.25, 0.3) is 5.91 Å². The molecule has 7 nitrogen and oxygen atoms in total. The van der Waals surface area contributed by atoms with Crippen LogP contribution in [0.2, 0.25) is 0 Å². The molecule has 3 heterocycles. The molecule has 0 atom stereocenters. The number of rotatable bonds is 5. The number of nitrogens with one attached hydrogen (secondary N) is 1. The average Bonchev–Trinajstić information content (AvgIpc) is 3.26. The van der Waals surface area contributed by atoms with Gasteiger partial charge in [-0.25, -0.2) is 4.98 Å². The van der Waals surface area contributed by atoms with Gasteiger partial charge >= 0.3 is 0 Å². The van der Waals surface area contributed by atoms with Gasteiger partial charge in [0.2, 0.25) is 12.7 Å². The number of nitrogens with zero attached hydrogens (tertiary/aromatic N) is 2. The number of fused-ring (bicyclic) bond motifs is 1. The Morgan fingerprint density at radius 1 is 1.22 bits per heavy atom. The second kappa shape index (κ2) is 7.60. The molecular formula is C20H25N3O4. The van der Waals surface area contributed by atoms with Crippen molar-refractivity contribution in [3.8, 4) is 11.5 Å². The highest BCUT2D eigenvalue weighted by Crippen LogP contribution is 2.32. The van der Waals surface area contributed by atoms with Crippen molar-refractivity contribution in [2.45, 2.75) is 33.2 Å². The summed E-state index contributed by atoms with van der Waals surface area (Å²) in [5, 5.41) is 3.05. The van der Waals surface area contributed by atoms with E-state index in [1.54, 1.807) is 18.2 Å². The first-order valence-electron chi connectivity index (χ1n) is 9.41. The molecular weight excluding hydrogens is 346 g/mol. The van der Waals surface area contributed by atoms with Gasteiger partial charge in [0.1, 0.15) is 5.76 Å². The standard InChI is InChI=1S/C20H25N3O4/c1-13-14(2)27-19(22-13)11-23-7-5-15(6-8-23)10-21-20(24)16-3-4-17-18(9-16)26-12-25-17/h3-4,9,15H,5-8,10-12H2,1-2H3,(H,21,24). The van der Waals surface area contributed by atoms with Gasteiger partial charge in [-0.2, -0.15) is 0 Å². The van der Waals surface area contributed by atoms with Crippen molar-refractivity contribution >= 4 is 5.91 Å². The van der Waals surface area contributed by atoms with Crippen LogP contribution in [0.15, 0.2) is 22.6 Å². The van der Waals surface area contributed by atoms with Crippen molar-refractivity contribution in [1.29, 1.82) is 0 Å². The Morgan fingerprint density at radius 3 is 2.74 bits per heavy atom. The Bertz CT molecular complexity index is 805. The monoisotopic (exact) mass is 371 g/mol. The van der Waals surface area contributed by atoms with E-state index in [1.165, 1.54) is 0 Å². The molecule has 2 aliphatic heterocycles. The fourth-order valence-corrected chi connectivity index (χ4v) is 3.52. The highest BCUT2D eigenvalue weighted by molar-refractivity contribution is 5.94. The summed E-state index contributed by atoms with van der Waals surface area (Å²) in [4.78, 5) is 19.2. The Hall–Kier alpha value is -2.54. The number of oxazole rings is 1. The van der Waals surface area contributed by atoms with Crippen molar-refractivity contribution in [3.63, 3.8) is 0 Å². The van der Waals surface area contributed by atoms with Crippen LogP contribution in [0.5, 0.6) is 11.5 Å². The van der Waals surface area contributed by atoms with Crippen LogP contribution in [0, 0.1) is 19.8 Å². The number of hydrogen-bond donors (Lipinski definition) is 1. The summed E-state index contributed by atoms with van der Waals surface area (Å²) >= 11 is 0. The molecule has 1 N–H and O–H groups in total. The third-order valence-corrected chi connectivity index (χ3v) is 5.32. The van der Waals surface area contributed by atoms with E-state index < -0.39 is 0 Å². The largest absolute Gasteiger partial charge is 0.454 e. The van der Waals surface area contributed by atoms with Gasteiger partial charge in [0.15, 0.2) is 11.5 Å². The van der Waals surface area contributed by atoms with E-state index in [0.29, 0.717) is 29.5 Å². The topological polar surface area (TPSA) is 76.8 Å². The van der Waals surface area contributed by atoms with Crippen molar-refractivity contribution in [2.75, 3.05) is 26.4 Å². The van der Waals surface area contributed by atoms with E-state index in [1.807, 2.05) is 13.8 Å². The average molecular weight is 371 g/mol. The molecule has 0 unspecified atom stereocenters. The summed E-state index contributed by atoms with van der Waals surface area (Å²) in [6, 6.07) is 5.29. The summed E-state index contributed by atoms with van der Waals surface area (Å²) in [6.45, 7) is 7.56. The normalized spacial score (nSPS) is 17.3. The smallest absolute Gasteiger partial charge is 0.251 e. The number of hydrogen-bond acceptors (Lipinski definition) is 6. The van der Waals surface area contributed by atoms with E-state index in [-0.39, 0.29) is 12.7 Å². The van der Waals surface area contributed by atoms with Gasteiger partial charge in [-0.05, 0) is 63.9 Å². The SMILES string of the molecule is Cc1nc(CN2CCC(CNC(=O)c3ccc4c(c3)OCO4)CC2)oc1C. The molecule has 1 aromatic carbocycles. The number of aryl methyl sites for hydroxylation is 2. The molecule has 2 aliphatic rings. The number of likely N-dealkylation sites (tertiary alicyclic amines) is 1. The summed E-state index contributed by atoms with van der Waals surface area (Å²) in [5.74, 6) is 3.43. The van der Waals surface area contributed by atoms with E-state index in [2.05, 4.69) is 15.2 Å². The summed E-state index contributed by atoms with van der Waals surface area (Å²) in [6.07, 6.45) is 2.11. The second-order valence-corrected chi connectivity index (χ2v) is 7.25. The van der Waals surface area contributed by atoms with Crippen molar-refractivity contribution in [2.24, 2.45) is 5.92 Å². The molecule has 1 amide bonds. The predicted molar refractivity (Wildman–Crippen MR) is 98.9 cm³/mol. The zero-order chi connectivity index (χ0) is 18.8. The minimum atomic E-state index is -0.0681. The molecule has 144 valence electrons. The van der Waals surface area contributed by atoms with Gasteiger partial charge in [-0.1, -0.05) is 0 Å². The first-order chi connectivity index (χ1) is 13.1. The molecule has 0 radical (unpaired) electrons. The third kappa shape index (κ3) is 4.08. The minimum Gasteiger partial charge on any atom is -0.454 e. The summed E-state index contributed by atoms with van der Waals surface area (Å²) in [5.41, 5.74) is 1.57. The van der Waals surface area contributed by atoms with Gasteiger partial charge < -0.3 is 19.2 Å². The van der Waals surface area contributed by atoms with Crippen LogP contribution in [0.3, 0.4) is 0 Å². The maximum atomic E-state index is 12.4. The van der Waals surface area contributed by atoms with Crippen LogP contribution in [0.1, 0.15) is 40.5 Å². The second-order valence-electron chi connectivity index (χ2n) is 7.25. The van der Waals surface area contributed by atoms with E-state index in [0.717, 1.165) is 49.8 Å². The Kier molecular flexibility index (Phi) is 5.03. The first kappa shape index (κ1) is 17.9. The van der Waals surface area contributed by atoms with Crippen LogP contribution in [0.4, 0.5) is 0 Å². The Labute approximate surface area is 158 Å². The number of ether oxygens (including phenoxy) is 2. The highest BCUT2D eigenvalue weighted by Gasteiger charge is 2.22. The number of aromatic nitrogens is 1. The van der Waals surface area contributed by atoms with Gasteiger partial charge in [-0.3, -0.25) is 9.69 Å². The molecule has 2 aromatic rings. The first-order valence-corrected chi connectivity index (χ1v) is 9.41. The molecule has 0 spiro atoms. The fourth-order valence-electron chi connectivity index (χ4n) is 3.52. The van der Waals surface area contributed by atoms with E-state index >= 15 is 0 Å². The zero-order valence-electron chi connectivity index (χ0n) is 15.8. The van der Waals surface area contributed by atoms with Crippen LogP contribution < -0.4 is 14.8 Å². The fraction of sp³-hybridized carbons (Fsp3) is 0.500. The molecule has 7 heteroatoms. The molecule has 4 rings (SSSR count). The van der Waals surface area contributed by atoms with Crippen LogP contribution >= 0.6 is 0 Å². The summed E-state index contributed by atoms with van der Waals surface area (Å²) < 4.78 is 16.3. The lowest BCUT2D eigenvalue weighted by Crippen LogP contribution is -2.38. The zero-order valence-corrected chi connectivity index (χ0v) is 15.8. The van der Waals surface area contributed by atoms with Crippen LogP contribution in [0.25, 0.3) is 0 Å². The third-order valence-electron chi connectivity index (χ3n) is 5.32. The van der Waals surface area contributed by atoms with E-state index in [4.69, 9.17) is 13.9 Å². The van der Waals surface area contributed by atoms with Gasteiger partial charge in [0, 0.05) is 12.1 Å². The number of carbonyl (C=O) groups excluding carboxylic acids is 1. The van der Waals surface area contributed by atoms with E-state index in [9.17, 15) is 4.79 Å². The molecule has 1 aromatic heterocycles.